The van der Waals surface area contributed by atoms with Crippen molar-refractivity contribution in [1.82, 2.24) is 0 Å². The number of hydrogen-bond acceptors (Lipinski definition) is 1. The standard InChI is InChI=1S/C50H34O/c1-31-8-7-11-37(26-31)35-17-15-33(16-18-35)34-19-21-36(22-20-34)49-41-12-5-6-13-42(41)50(43-24-14-32(2)27-46(43)49)40-23-25-47-44(29-40)45-28-38-9-3-4-10-39(38)30-48(45)51-47/h3-30H,1-2H3/i3D,4D,5D,6D,7D,8D,9D,10D,11D,12D,13D,14D,15D,16D,17D,18D,19D,20D,21D,22D,23D,24D,25D,26D,27D,28D,29D,30D. The molecule has 9 aromatic carbocycles. The van der Waals surface area contributed by atoms with Gasteiger partial charge in [-0.25, -0.2) is 0 Å². The van der Waals surface area contributed by atoms with Crippen LogP contribution in [0.15, 0.2) is 174 Å². The van der Waals surface area contributed by atoms with Crippen molar-refractivity contribution in [2.45, 2.75) is 13.8 Å². The van der Waals surface area contributed by atoms with Gasteiger partial charge in [0.1, 0.15) is 11.2 Å². The van der Waals surface area contributed by atoms with Crippen LogP contribution in [0.3, 0.4) is 0 Å². The average molecular weight is 679 g/mol. The summed E-state index contributed by atoms with van der Waals surface area (Å²) in [7, 11) is 0. The van der Waals surface area contributed by atoms with Gasteiger partial charge in [0.25, 0.3) is 0 Å². The molecule has 240 valence electrons. The van der Waals surface area contributed by atoms with Crippen LogP contribution in [0.2, 0.25) is 0 Å². The lowest BCUT2D eigenvalue weighted by atomic mass is 9.85. The van der Waals surface area contributed by atoms with Crippen molar-refractivity contribution in [2.75, 3.05) is 0 Å². The van der Waals surface area contributed by atoms with E-state index < -0.39 is 268 Å². The van der Waals surface area contributed by atoms with Gasteiger partial charge in [-0.05, 0) is 115 Å². The van der Waals surface area contributed by atoms with Crippen LogP contribution in [0.1, 0.15) is 49.5 Å². The van der Waals surface area contributed by atoms with Gasteiger partial charge in [0.05, 0.1) is 38.4 Å². The highest BCUT2D eigenvalue weighted by molar-refractivity contribution is 6.22. The van der Waals surface area contributed by atoms with E-state index in [4.69, 9.17) is 26.3 Å². The third kappa shape index (κ3) is 4.93. The quantitative estimate of drug-likeness (QED) is 0.169. The van der Waals surface area contributed by atoms with Gasteiger partial charge in [-0.1, -0.05) is 156 Å². The third-order valence-electron chi connectivity index (χ3n) is 8.26. The van der Waals surface area contributed by atoms with E-state index in [0.717, 1.165) is 0 Å². The van der Waals surface area contributed by atoms with Crippen molar-refractivity contribution >= 4 is 54.3 Å². The second kappa shape index (κ2) is 11.6. The largest absolute Gasteiger partial charge is 0.456 e. The Morgan fingerprint density at radius 1 is 0.333 bits per heavy atom. The summed E-state index contributed by atoms with van der Waals surface area (Å²) >= 11 is 0. The van der Waals surface area contributed by atoms with E-state index in [0.29, 0.717) is 0 Å². The minimum absolute atomic E-state index is 0.107. The highest BCUT2D eigenvalue weighted by Crippen LogP contribution is 2.45. The highest BCUT2D eigenvalue weighted by atomic mass is 16.3. The molecular formula is C50H34O. The molecule has 0 N–H and O–H groups in total. The normalized spacial score (nSPS) is 19.4. The van der Waals surface area contributed by atoms with Crippen LogP contribution in [0, 0.1) is 13.8 Å². The lowest BCUT2D eigenvalue weighted by Gasteiger charge is -2.18. The summed E-state index contributed by atoms with van der Waals surface area (Å²) in [6.45, 7) is 2.54. The van der Waals surface area contributed by atoms with E-state index in [-0.39, 0.29) is 11.1 Å². The maximum atomic E-state index is 9.87. The first-order chi connectivity index (χ1) is 36.8. The Balaban J connectivity index is 1.39. The highest BCUT2D eigenvalue weighted by Gasteiger charge is 2.18. The third-order valence-corrected chi connectivity index (χ3v) is 8.26. The smallest absolute Gasteiger partial charge is 0.136 e. The Bertz CT molecular complexity index is 4430. The Kier molecular flexibility index (Phi) is 2.89. The lowest BCUT2D eigenvalue weighted by molar-refractivity contribution is 0.669. The Labute approximate surface area is 336 Å². The molecule has 1 aromatic heterocycles. The topological polar surface area (TPSA) is 13.1 Å². The maximum absolute atomic E-state index is 9.87. The van der Waals surface area contributed by atoms with Gasteiger partial charge in [0, 0.05) is 10.8 Å². The molecule has 0 aliphatic rings. The first-order valence-corrected chi connectivity index (χ1v) is 15.4. The fourth-order valence-electron chi connectivity index (χ4n) is 5.98. The summed E-state index contributed by atoms with van der Waals surface area (Å²) in [6, 6.07) is -23.4. The number of rotatable bonds is 4. The van der Waals surface area contributed by atoms with Crippen LogP contribution in [0.25, 0.3) is 98.8 Å². The van der Waals surface area contributed by atoms with Crippen molar-refractivity contribution in [1.29, 1.82) is 0 Å². The molecule has 0 saturated heterocycles. The van der Waals surface area contributed by atoms with Gasteiger partial charge in [0.15, 0.2) is 0 Å². The maximum Gasteiger partial charge on any atom is 0.136 e. The molecule has 1 nitrogen and oxygen atoms in total. The fraction of sp³-hybridized carbons (Fsp3) is 0.0400. The van der Waals surface area contributed by atoms with Gasteiger partial charge < -0.3 is 4.42 Å². The summed E-state index contributed by atoms with van der Waals surface area (Å²) in [5, 5.41) is -4.39. The van der Waals surface area contributed by atoms with Gasteiger partial charge >= 0.3 is 0 Å². The van der Waals surface area contributed by atoms with E-state index in [1.165, 1.54) is 13.8 Å². The molecule has 0 unspecified atom stereocenters. The fourth-order valence-corrected chi connectivity index (χ4v) is 5.98. The molecule has 0 fully saturated rings. The van der Waals surface area contributed by atoms with Crippen molar-refractivity contribution < 1.29 is 42.8 Å². The number of furan rings is 1. The lowest BCUT2D eigenvalue weighted by Crippen LogP contribution is -1.91. The molecule has 0 amide bonds. The minimum Gasteiger partial charge on any atom is -0.456 e. The predicted octanol–water partition coefficient (Wildman–Crippen LogP) is 14.3. The number of benzene rings is 9. The average Bonchev–Trinajstić information content (AvgIpc) is 4.01. The van der Waals surface area contributed by atoms with E-state index in [1.807, 2.05) is 0 Å². The predicted molar refractivity (Wildman–Crippen MR) is 217 cm³/mol. The molecule has 10 rings (SSSR count). The summed E-state index contributed by atoms with van der Waals surface area (Å²) in [4.78, 5) is 0. The first-order valence-electron chi connectivity index (χ1n) is 29.4. The van der Waals surface area contributed by atoms with E-state index in [2.05, 4.69) is 0 Å². The van der Waals surface area contributed by atoms with Crippen LogP contribution >= 0.6 is 0 Å². The molecule has 1 heteroatoms. The molecule has 0 spiro atoms. The minimum atomic E-state index is -1.05. The van der Waals surface area contributed by atoms with Crippen molar-refractivity contribution in [3.05, 3.63) is 180 Å². The van der Waals surface area contributed by atoms with Crippen LogP contribution in [0.4, 0.5) is 0 Å². The number of hydrogen-bond donors (Lipinski definition) is 0. The molecule has 10 aromatic rings. The molecular weight excluding hydrogens is 617 g/mol. The zero-order valence-corrected chi connectivity index (χ0v) is 26.4. The summed E-state index contributed by atoms with van der Waals surface area (Å²) in [5.74, 6) is 0. The van der Waals surface area contributed by atoms with Crippen LogP contribution in [0.5, 0.6) is 0 Å². The van der Waals surface area contributed by atoms with Crippen LogP contribution in [-0.4, -0.2) is 0 Å². The second-order valence-corrected chi connectivity index (χ2v) is 11.5. The van der Waals surface area contributed by atoms with Crippen molar-refractivity contribution in [2.24, 2.45) is 0 Å². The SMILES string of the molecule is [2H]c1c([2H])c(C)c([2H])c(-c2c([2H])c([2H])c(-c3c([2H])c([2H])c(-c4c5c([2H])c([2H])c([2H])c([2H])c5c(-c5c([2H])c([2H])c6oc7c([2H])c8c([2H])c([2H])c([2H])c([2H])c8c([2H])c7c6c5[2H])c5c([2H])c([2H])c(C)c([2H])c45)c([2H])c3[2H])c([2H])c2[2H])c1[2H]. The molecule has 0 saturated carbocycles. The van der Waals surface area contributed by atoms with Crippen molar-refractivity contribution in [3.63, 3.8) is 0 Å². The molecule has 51 heavy (non-hydrogen) atoms. The zero-order valence-electron chi connectivity index (χ0n) is 54.4. The first kappa shape index (κ1) is 12.7. The summed E-state index contributed by atoms with van der Waals surface area (Å²) in [5.41, 5.74) is -7.05. The Morgan fingerprint density at radius 3 is 1.61 bits per heavy atom. The summed E-state index contributed by atoms with van der Waals surface area (Å²) < 4.78 is 260. The monoisotopic (exact) mass is 678 g/mol. The molecule has 0 aliphatic carbocycles. The van der Waals surface area contributed by atoms with Crippen LogP contribution < -0.4 is 0 Å². The van der Waals surface area contributed by atoms with E-state index >= 15 is 0 Å². The molecule has 0 radical (unpaired) electrons. The van der Waals surface area contributed by atoms with Crippen molar-refractivity contribution in [3.8, 4) is 44.5 Å². The van der Waals surface area contributed by atoms with Gasteiger partial charge in [-0.3, -0.25) is 0 Å². The summed E-state index contributed by atoms with van der Waals surface area (Å²) in [6.07, 6.45) is 0. The second-order valence-electron chi connectivity index (χ2n) is 11.5. The molecule has 1 heterocycles. The van der Waals surface area contributed by atoms with Gasteiger partial charge in [-0.2, -0.15) is 0 Å². The zero-order chi connectivity index (χ0) is 58.4. The molecule has 0 aliphatic heterocycles. The van der Waals surface area contributed by atoms with Gasteiger partial charge in [-0.15, -0.1) is 0 Å². The van der Waals surface area contributed by atoms with E-state index in [1.54, 1.807) is 0 Å². The number of fused-ring (bicyclic) bond motifs is 6. The van der Waals surface area contributed by atoms with E-state index in [9.17, 15) is 16.4 Å². The Morgan fingerprint density at radius 2 is 0.882 bits per heavy atom. The molecule has 0 atom stereocenters. The van der Waals surface area contributed by atoms with Gasteiger partial charge in [0.2, 0.25) is 0 Å². The van der Waals surface area contributed by atoms with Crippen LogP contribution in [-0.2, 0) is 0 Å². The molecule has 0 bridgehead atoms. The Hall–Kier alpha value is -6.44.